The first kappa shape index (κ1) is 22.8. The summed E-state index contributed by atoms with van der Waals surface area (Å²) in [6, 6.07) is 20.4. The summed E-state index contributed by atoms with van der Waals surface area (Å²) in [5.74, 6) is 0.160. The highest BCUT2D eigenvalue weighted by atomic mass is 35.5. The van der Waals surface area contributed by atoms with E-state index in [0.29, 0.717) is 17.4 Å². The van der Waals surface area contributed by atoms with E-state index in [0.717, 1.165) is 11.1 Å². The van der Waals surface area contributed by atoms with E-state index < -0.39 is 16.9 Å². The van der Waals surface area contributed by atoms with Crippen molar-refractivity contribution in [1.29, 1.82) is 0 Å². The van der Waals surface area contributed by atoms with Crippen LogP contribution in [0.4, 0.5) is 5.69 Å². The number of carbonyl (C=O) groups is 1. The van der Waals surface area contributed by atoms with Crippen LogP contribution in [-0.2, 0) is 11.4 Å². The van der Waals surface area contributed by atoms with Crippen molar-refractivity contribution in [1.82, 2.24) is 5.43 Å². The number of hydrogen-bond donors (Lipinski definition) is 1. The van der Waals surface area contributed by atoms with Crippen LogP contribution in [0.5, 0.6) is 11.5 Å². The Morgan fingerprint density at radius 3 is 2.50 bits per heavy atom. The largest absolute Gasteiger partial charge is 0.489 e. The van der Waals surface area contributed by atoms with Crippen LogP contribution in [0.2, 0.25) is 5.02 Å². The van der Waals surface area contributed by atoms with Crippen molar-refractivity contribution in [2.75, 3.05) is 0 Å². The van der Waals surface area contributed by atoms with Gasteiger partial charge in [-0.3, -0.25) is 14.9 Å². The van der Waals surface area contributed by atoms with Gasteiger partial charge in [-0.2, -0.15) is 5.10 Å². The smallest absolute Gasteiger partial charge is 0.310 e. The van der Waals surface area contributed by atoms with Crippen molar-refractivity contribution >= 4 is 29.4 Å². The predicted octanol–water partition coefficient (Wildman–Crippen LogP) is 4.74. The molecular formula is C23H20ClN3O5. The van der Waals surface area contributed by atoms with E-state index in [9.17, 15) is 14.9 Å². The number of ether oxygens (including phenoxy) is 2. The highest BCUT2D eigenvalue weighted by molar-refractivity contribution is 6.30. The quantitative estimate of drug-likeness (QED) is 0.286. The second-order valence-electron chi connectivity index (χ2n) is 6.70. The molecule has 3 aromatic carbocycles. The molecule has 3 aromatic rings. The van der Waals surface area contributed by atoms with Crippen molar-refractivity contribution in [3.05, 3.63) is 99.1 Å². The van der Waals surface area contributed by atoms with Gasteiger partial charge in [0.1, 0.15) is 12.4 Å². The molecule has 0 bridgehead atoms. The molecule has 0 aliphatic heterocycles. The van der Waals surface area contributed by atoms with Gasteiger partial charge in [-0.1, -0.05) is 35.9 Å². The molecule has 9 heteroatoms. The molecule has 0 fully saturated rings. The van der Waals surface area contributed by atoms with E-state index in [2.05, 4.69) is 10.5 Å². The van der Waals surface area contributed by atoms with Gasteiger partial charge in [0.05, 0.1) is 11.1 Å². The van der Waals surface area contributed by atoms with E-state index in [4.69, 9.17) is 21.1 Å². The van der Waals surface area contributed by atoms with Crippen LogP contribution in [0.1, 0.15) is 18.1 Å². The van der Waals surface area contributed by atoms with E-state index in [-0.39, 0.29) is 11.4 Å². The minimum Gasteiger partial charge on any atom is -0.489 e. The van der Waals surface area contributed by atoms with E-state index in [1.807, 2.05) is 12.1 Å². The molecular weight excluding hydrogens is 434 g/mol. The van der Waals surface area contributed by atoms with Gasteiger partial charge in [0.15, 0.2) is 11.9 Å². The lowest BCUT2D eigenvalue weighted by atomic mass is 10.2. The maximum absolute atomic E-state index is 12.2. The number of benzene rings is 3. The Morgan fingerprint density at radius 2 is 1.81 bits per heavy atom. The fourth-order valence-electron chi connectivity index (χ4n) is 2.61. The number of carbonyl (C=O) groups excluding carboxylic acids is 1. The Morgan fingerprint density at radius 1 is 1.12 bits per heavy atom. The van der Waals surface area contributed by atoms with Gasteiger partial charge < -0.3 is 9.47 Å². The van der Waals surface area contributed by atoms with Crippen LogP contribution in [0, 0.1) is 10.1 Å². The average Bonchev–Trinajstić information content (AvgIpc) is 2.79. The summed E-state index contributed by atoms with van der Waals surface area (Å²) >= 11 is 5.87. The van der Waals surface area contributed by atoms with Crippen molar-refractivity contribution in [2.24, 2.45) is 5.10 Å². The first-order chi connectivity index (χ1) is 15.4. The molecule has 0 spiro atoms. The lowest BCUT2D eigenvalue weighted by Gasteiger charge is -2.12. The molecule has 0 aliphatic carbocycles. The summed E-state index contributed by atoms with van der Waals surface area (Å²) in [4.78, 5) is 22.6. The lowest BCUT2D eigenvalue weighted by Crippen LogP contribution is -2.33. The van der Waals surface area contributed by atoms with Crippen LogP contribution in [0.15, 0.2) is 77.9 Å². The summed E-state index contributed by atoms with van der Waals surface area (Å²) in [5, 5.41) is 15.6. The number of nitrogens with zero attached hydrogens (tertiary/aromatic N) is 2. The van der Waals surface area contributed by atoms with Gasteiger partial charge in [-0.05, 0) is 60.5 Å². The summed E-state index contributed by atoms with van der Waals surface area (Å²) in [7, 11) is 0. The van der Waals surface area contributed by atoms with Gasteiger partial charge >= 0.3 is 5.69 Å². The zero-order valence-corrected chi connectivity index (χ0v) is 17.9. The topological polar surface area (TPSA) is 103 Å². The molecule has 3 rings (SSSR count). The molecule has 32 heavy (non-hydrogen) atoms. The normalized spacial score (nSPS) is 11.7. The minimum atomic E-state index is -0.975. The number of nitro benzene ring substituents is 1. The molecule has 1 amide bonds. The Labute approximate surface area is 189 Å². The highest BCUT2D eigenvalue weighted by Crippen LogP contribution is 2.26. The highest BCUT2D eigenvalue weighted by Gasteiger charge is 2.20. The van der Waals surface area contributed by atoms with Crippen molar-refractivity contribution in [2.45, 2.75) is 19.6 Å². The minimum absolute atomic E-state index is 0.0123. The molecule has 0 aliphatic rings. The summed E-state index contributed by atoms with van der Waals surface area (Å²) in [6.45, 7) is 1.90. The molecule has 0 saturated carbocycles. The van der Waals surface area contributed by atoms with Crippen molar-refractivity contribution in [3.8, 4) is 11.5 Å². The number of hydrazone groups is 1. The lowest BCUT2D eigenvalue weighted by molar-refractivity contribution is -0.386. The fourth-order valence-corrected chi connectivity index (χ4v) is 2.74. The maximum atomic E-state index is 12.2. The molecule has 0 aromatic heterocycles. The second kappa shape index (κ2) is 10.9. The van der Waals surface area contributed by atoms with Gasteiger partial charge in [-0.25, -0.2) is 5.43 Å². The molecule has 1 atom stereocenters. The Bertz CT molecular complexity index is 1100. The second-order valence-corrected chi connectivity index (χ2v) is 7.14. The molecule has 0 radical (unpaired) electrons. The SMILES string of the molecule is C[C@H](Oc1ccccc1[N+](=O)[O-])C(=O)N/N=C\c1ccc(OCc2ccc(Cl)cc2)cc1. The zero-order valence-electron chi connectivity index (χ0n) is 17.1. The number of nitrogens with one attached hydrogen (secondary N) is 1. The molecule has 164 valence electrons. The van der Waals surface area contributed by atoms with Crippen LogP contribution in [-0.4, -0.2) is 23.1 Å². The summed E-state index contributed by atoms with van der Waals surface area (Å²) in [5.41, 5.74) is 3.89. The third-order valence-corrected chi connectivity index (χ3v) is 4.57. The molecule has 0 saturated heterocycles. The number of halogens is 1. The van der Waals surface area contributed by atoms with Crippen LogP contribution >= 0.6 is 11.6 Å². The van der Waals surface area contributed by atoms with E-state index in [1.54, 1.807) is 42.5 Å². The summed E-state index contributed by atoms with van der Waals surface area (Å²) in [6.07, 6.45) is 0.496. The molecule has 0 unspecified atom stereocenters. The Kier molecular flexibility index (Phi) is 7.77. The first-order valence-corrected chi connectivity index (χ1v) is 10.0. The van der Waals surface area contributed by atoms with Gasteiger partial charge in [0, 0.05) is 11.1 Å². The zero-order chi connectivity index (χ0) is 22.9. The monoisotopic (exact) mass is 453 g/mol. The van der Waals surface area contributed by atoms with Crippen molar-refractivity contribution in [3.63, 3.8) is 0 Å². The standard InChI is InChI=1S/C23H20ClN3O5/c1-16(32-22-5-3-2-4-21(22)27(29)30)23(28)26-25-14-17-8-12-20(13-9-17)31-15-18-6-10-19(24)11-7-18/h2-14,16H,15H2,1H3,(H,26,28)/b25-14-/t16-/m0/s1. The summed E-state index contributed by atoms with van der Waals surface area (Å²) < 4.78 is 11.1. The van der Waals surface area contributed by atoms with E-state index >= 15 is 0 Å². The Balaban J connectivity index is 1.49. The molecule has 1 N–H and O–H groups in total. The van der Waals surface area contributed by atoms with Crippen LogP contribution in [0.25, 0.3) is 0 Å². The number of hydrogen-bond acceptors (Lipinski definition) is 6. The molecule has 8 nitrogen and oxygen atoms in total. The van der Waals surface area contributed by atoms with Crippen LogP contribution in [0.3, 0.4) is 0 Å². The van der Waals surface area contributed by atoms with Gasteiger partial charge in [0.2, 0.25) is 0 Å². The number of nitro groups is 1. The van der Waals surface area contributed by atoms with E-state index in [1.165, 1.54) is 31.3 Å². The van der Waals surface area contributed by atoms with Crippen LogP contribution < -0.4 is 14.9 Å². The number of amides is 1. The van der Waals surface area contributed by atoms with Gasteiger partial charge in [0.25, 0.3) is 5.91 Å². The third-order valence-electron chi connectivity index (χ3n) is 4.32. The maximum Gasteiger partial charge on any atom is 0.310 e. The number of para-hydroxylation sites is 2. The Hall–Kier alpha value is -3.91. The molecule has 0 heterocycles. The van der Waals surface area contributed by atoms with Crippen molar-refractivity contribution < 1.29 is 19.2 Å². The first-order valence-electron chi connectivity index (χ1n) is 9.62. The average molecular weight is 454 g/mol. The fraction of sp³-hybridized carbons (Fsp3) is 0.130. The number of rotatable bonds is 9. The predicted molar refractivity (Wildman–Crippen MR) is 121 cm³/mol. The van der Waals surface area contributed by atoms with Gasteiger partial charge in [-0.15, -0.1) is 0 Å². The third kappa shape index (κ3) is 6.55.